The van der Waals surface area contributed by atoms with E-state index in [1.54, 1.807) is 0 Å². The minimum absolute atomic E-state index is 0.0138. The van der Waals surface area contributed by atoms with E-state index in [9.17, 15) is 4.79 Å². The molecule has 0 aromatic carbocycles. The molecule has 1 N–H and O–H groups in total. The maximum absolute atomic E-state index is 12.4. The van der Waals surface area contributed by atoms with E-state index in [0.717, 1.165) is 32.6 Å². The maximum atomic E-state index is 12.4. The van der Waals surface area contributed by atoms with Crippen molar-refractivity contribution in [3.05, 3.63) is 0 Å². The van der Waals surface area contributed by atoms with Crippen LogP contribution in [0.15, 0.2) is 0 Å². The number of rotatable bonds is 6. The lowest BCUT2D eigenvalue weighted by atomic mass is 10.2. The Labute approximate surface area is 112 Å². The van der Waals surface area contributed by atoms with E-state index in [-0.39, 0.29) is 6.04 Å². The Morgan fingerprint density at radius 3 is 2.44 bits per heavy atom. The number of carbonyl (C=O) groups is 1. The van der Waals surface area contributed by atoms with Gasteiger partial charge in [-0.1, -0.05) is 12.8 Å². The molecule has 1 aliphatic heterocycles. The van der Waals surface area contributed by atoms with Crippen LogP contribution in [0.25, 0.3) is 0 Å². The van der Waals surface area contributed by atoms with E-state index < -0.39 is 0 Å². The van der Waals surface area contributed by atoms with Crippen LogP contribution in [0, 0.1) is 0 Å². The summed E-state index contributed by atoms with van der Waals surface area (Å²) >= 11 is 0. The molecule has 1 aliphatic rings. The molecule has 1 atom stereocenters. The standard InChI is InChI=1S/C14H29N3O/c1-13(16(3)10-8-9-15-2)14(18)17-11-6-4-5-7-12-17/h13,15H,4-12H2,1-3H3. The van der Waals surface area contributed by atoms with Crippen LogP contribution in [0.2, 0.25) is 0 Å². The summed E-state index contributed by atoms with van der Waals surface area (Å²) in [4.78, 5) is 16.6. The number of likely N-dealkylation sites (N-methyl/N-ethyl adjacent to an activating group) is 1. The summed E-state index contributed by atoms with van der Waals surface area (Å²) in [6.07, 6.45) is 5.97. The van der Waals surface area contributed by atoms with Crippen LogP contribution in [0.5, 0.6) is 0 Å². The molecule has 1 fully saturated rings. The lowest BCUT2D eigenvalue weighted by Crippen LogP contribution is -2.46. The maximum Gasteiger partial charge on any atom is 0.239 e. The van der Waals surface area contributed by atoms with Crippen LogP contribution < -0.4 is 5.32 Å². The molecule has 4 nitrogen and oxygen atoms in total. The van der Waals surface area contributed by atoms with Gasteiger partial charge in [-0.15, -0.1) is 0 Å². The highest BCUT2D eigenvalue weighted by Crippen LogP contribution is 2.12. The highest BCUT2D eigenvalue weighted by atomic mass is 16.2. The van der Waals surface area contributed by atoms with E-state index in [2.05, 4.69) is 22.2 Å². The zero-order valence-electron chi connectivity index (χ0n) is 12.2. The zero-order chi connectivity index (χ0) is 13.4. The van der Waals surface area contributed by atoms with Crippen LogP contribution in [0.4, 0.5) is 0 Å². The topological polar surface area (TPSA) is 35.6 Å². The van der Waals surface area contributed by atoms with Gasteiger partial charge in [0.2, 0.25) is 5.91 Å². The van der Waals surface area contributed by atoms with Gasteiger partial charge in [0, 0.05) is 13.1 Å². The largest absolute Gasteiger partial charge is 0.341 e. The van der Waals surface area contributed by atoms with E-state index in [1.807, 2.05) is 14.0 Å². The predicted octanol–water partition coefficient (Wildman–Crippen LogP) is 1.32. The monoisotopic (exact) mass is 255 g/mol. The molecule has 1 heterocycles. The fourth-order valence-corrected chi connectivity index (χ4v) is 2.44. The quantitative estimate of drug-likeness (QED) is 0.727. The third-order valence-electron chi connectivity index (χ3n) is 3.87. The van der Waals surface area contributed by atoms with Crippen LogP contribution in [0.3, 0.4) is 0 Å². The van der Waals surface area contributed by atoms with Crippen molar-refractivity contribution in [2.24, 2.45) is 0 Å². The van der Waals surface area contributed by atoms with Crippen molar-refractivity contribution in [3.63, 3.8) is 0 Å². The minimum atomic E-state index is 0.0138. The van der Waals surface area contributed by atoms with Crippen molar-refractivity contribution in [2.75, 3.05) is 40.3 Å². The Kier molecular flexibility index (Phi) is 7.28. The van der Waals surface area contributed by atoms with Crippen molar-refractivity contribution >= 4 is 5.91 Å². The second-order valence-corrected chi connectivity index (χ2v) is 5.35. The van der Waals surface area contributed by atoms with Crippen LogP contribution in [0.1, 0.15) is 39.0 Å². The molecule has 1 amide bonds. The van der Waals surface area contributed by atoms with E-state index in [4.69, 9.17) is 0 Å². The highest BCUT2D eigenvalue weighted by molar-refractivity contribution is 5.81. The van der Waals surface area contributed by atoms with Crippen molar-refractivity contribution in [1.82, 2.24) is 15.1 Å². The molecule has 0 aromatic heterocycles. The molecule has 0 spiro atoms. The molecule has 0 aromatic rings. The first kappa shape index (κ1) is 15.4. The molecule has 106 valence electrons. The van der Waals surface area contributed by atoms with Gasteiger partial charge in [0.15, 0.2) is 0 Å². The summed E-state index contributed by atoms with van der Waals surface area (Å²) in [6.45, 7) is 5.92. The predicted molar refractivity (Wildman–Crippen MR) is 75.7 cm³/mol. The molecule has 0 saturated carbocycles. The molecular weight excluding hydrogens is 226 g/mol. The van der Waals surface area contributed by atoms with Crippen molar-refractivity contribution in [3.8, 4) is 0 Å². The van der Waals surface area contributed by atoms with Gasteiger partial charge in [-0.05, 0) is 53.4 Å². The number of likely N-dealkylation sites (tertiary alicyclic amines) is 1. The first-order valence-corrected chi connectivity index (χ1v) is 7.30. The summed E-state index contributed by atoms with van der Waals surface area (Å²) < 4.78 is 0. The molecule has 1 rings (SSSR count). The highest BCUT2D eigenvalue weighted by Gasteiger charge is 2.23. The Hall–Kier alpha value is -0.610. The van der Waals surface area contributed by atoms with Gasteiger partial charge < -0.3 is 10.2 Å². The smallest absolute Gasteiger partial charge is 0.239 e. The third-order valence-corrected chi connectivity index (χ3v) is 3.87. The summed E-state index contributed by atoms with van der Waals surface area (Å²) in [7, 11) is 4.02. The summed E-state index contributed by atoms with van der Waals surface area (Å²) in [5.74, 6) is 0.309. The third kappa shape index (κ3) is 4.94. The molecule has 18 heavy (non-hydrogen) atoms. The molecule has 1 saturated heterocycles. The van der Waals surface area contributed by atoms with Gasteiger partial charge in [0.25, 0.3) is 0 Å². The number of carbonyl (C=O) groups excluding carboxylic acids is 1. The summed E-state index contributed by atoms with van der Waals surface area (Å²) in [5, 5.41) is 3.14. The molecule has 4 heteroatoms. The Balaban J connectivity index is 2.38. The van der Waals surface area contributed by atoms with Gasteiger partial charge in [0.05, 0.1) is 6.04 Å². The minimum Gasteiger partial charge on any atom is -0.341 e. The first-order chi connectivity index (χ1) is 8.66. The van der Waals surface area contributed by atoms with Crippen LogP contribution in [-0.4, -0.2) is 62.0 Å². The SMILES string of the molecule is CNCCCN(C)C(C)C(=O)N1CCCCCC1. The van der Waals surface area contributed by atoms with Crippen LogP contribution in [-0.2, 0) is 4.79 Å². The average Bonchev–Trinajstić information content (AvgIpc) is 2.66. The molecular formula is C14H29N3O. The number of hydrogen-bond acceptors (Lipinski definition) is 3. The lowest BCUT2D eigenvalue weighted by Gasteiger charge is -2.29. The Morgan fingerprint density at radius 1 is 1.28 bits per heavy atom. The van der Waals surface area contributed by atoms with Gasteiger partial charge in [-0.25, -0.2) is 0 Å². The van der Waals surface area contributed by atoms with Gasteiger partial charge in [-0.2, -0.15) is 0 Å². The van der Waals surface area contributed by atoms with Crippen molar-refractivity contribution < 1.29 is 4.79 Å². The van der Waals surface area contributed by atoms with Gasteiger partial charge >= 0.3 is 0 Å². The molecule has 0 aliphatic carbocycles. The van der Waals surface area contributed by atoms with Crippen molar-refractivity contribution in [1.29, 1.82) is 0 Å². The Morgan fingerprint density at radius 2 is 1.89 bits per heavy atom. The van der Waals surface area contributed by atoms with Crippen LogP contribution >= 0.6 is 0 Å². The summed E-state index contributed by atoms with van der Waals surface area (Å²) in [5.41, 5.74) is 0. The van der Waals surface area contributed by atoms with Gasteiger partial charge in [0.1, 0.15) is 0 Å². The zero-order valence-corrected chi connectivity index (χ0v) is 12.2. The first-order valence-electron chi connectivity index (χ1n) is 7.30. The number of amides is 1. The molecule has 1 unspecified atom stereocenters. The normalized spacial score (nSPS) is 18.8. The van der Waals surface area contributed by atoms with Crippen molar-refractivity contribution in [2.45, 2.75) is 45.1 Å². The van der Waals surface area contributed by atoms with E-state index in [0.29, 0.717) is 5.91 Å². The fourth-order valence-electron chi connectivity index (χ4n) is 2.44. The van der Waals surface area contributed by atoms with Gasteiger partial charge in [-0.3, -0.25) is 9.69 Å². The second kappa shape index (κ2) is 8.48. The fraction of sp³-hybridized carbons (Fsp3) is 0.929. The number of nitrogens with one attached hydrogen (secondary N) is 1. The molecule has 0 radical (unpaired) electrons. The number of nitrogens with zero attached hydrogens (tertiary/aromatic N) is 2. The lowest BCUT2D eigenvalue weighted by molar-refractivity contribution is -0.135. The number of hydrogen-bond donors (Lipinski definition) is 1. The van der Waals surface area contributed by atoms with E-state index in [1.165, 1.54) is 25.7 Å². The summed E-state index contributed by atoms with van der Waals surface area (Å²) in [6, 6.07) is 0.0138. The second-order valence-electron chi connectivity index (χ2n) is 5.35. The van der Waals surface area contributed by atoms with E-state index >= 15 is 0 Å². The Bertz CT molecular complexity index is 237. The average molecular weight is 255 g/mol. The molecule has 0 bridgehead atoms.